The Labute approximate surface area is 146 Å². The largest absolute Gasteiger partial charge is 0.477 e. The number of carboxylic acids is 1. The predicted octanol–water partition coefficient (Wildman–Crippen LogP) is 4.14. The Morgan fingerprint density at radius 2 is 2.16 bits per heavy atom. The van der Waals surface area contributed by atoms with Crippen molar-refractivity contribution in [2.45, 2.75) is 26.2 Å². The number of allylic oxidation sites excluding steroid dienone is 3. The van der Waals surface area contributed by atoms with E-state index in [2.05, 4.69) is 11.6 Å². The van der Waals surface area contributed by atoms with E-state index < -0.39 is 5.97 Å². The second kappa shape index (κ2) is 6.67. The number of nitrogens with zero attached hydrogens (tertiary/aromatic N) is 2. The molecule has 1 N–H and O–H groups in total. The Morgan fingerprint density at radius 1 is 1.44 bits per heavy atom. The first kappa shape index (κ1) is 17.1. The molecule has 3 rings (SSSR count). The highest BCUT2D eigenvalue weighted by molar-refractivity contribution is 6.41. The third-order valence-corrected chi connectivity index (χ3v) is 4.83. The molecule has 0 spiro atoms. The first-order valence-electron chi connectivity index (χ1n) is 8.32. The molecule has 1 aliphatic heterocycles. The molecule has 130 valence electrons. The average Bonchev–Trinajstić information content (AvgIpc) is 2.51. The smallest absolute Gasteiger partial charge is 0.354 e. The van der Waals surface area contributed by atoms with Gasteiger partial charge in [-0.3, -0.25) is 0 Å². The molecule has 0 saturated heterocycles. The molecule has 4 nitrogen and oxygen atoms in total. The molecule has 0 unspecified atom stereocenters. The number of aliphatic carboxylic acids is 1. The third kappa shape index (κ3) is 3.27. The van der Waals surface area contributed by atoms with Crippen molar-refractivity contribution in [3.05, 3.63) is 65.4 Å². The van der Waals surface area contributed by atoms with Gasteiger partial charge < -0.3 is 10.0 Å². The minimum atomic E-state index is -1.07. The van der Waals surface area contributed by atoms with Crippen LogP contribution in [-0.2, 0) is 4.79 Å². The van der Waals surface area contributed by atoms with Crippen molar-refractivity contribution < 1.29 is 14.3 Å². The van der Waals surface area contributed by atoms with E-state index >= 15 is 0 Å². The molecule has 1 aromatic rings. The Morgan fingerprint density at radius 3 is 2.76 bits per heavy atom. The lowest BCUT2D eigenvalue weighted by Gasteiger charge is -2.36. The molecule has 1 aromatic carbocycles. The summed E-state index contributed by atoms with van der Waals surface area (Å²) in [7, 11) is 1.86. The van der Waals surface area contributed by atoms with E-state index in [1.165, 1.54) is 0 Å². The van der Waals surface area contributed by atoms with Crippen molar-refractivity contribution in [2.24, 2.45) is 10.9 Å². The number of hydrogen-bond acceptors (Lipinski definition) is 3. The molecule has 1 aliphatic carbocycles. The van der Waals surface area contributed by atoms with Crippen LogP contribution in [0, 0.1) is 18.7 Å². The van der Waals surface area contributed by atoms with Crippen LogP contribution in [0.15, 0.2) is 53.4 Å². The number of carbonyl (C=O) groups is 1. The molecular weight excluding hydrogens is 319 g/mol. The van der Waals surface area contributed by atoms with E-state index in [-0.39, 0.29) is 11.5 Å². The van der Waals surface area contributed by atoms with Gasteiger partial charge in [-0.25, -0.2) is 14.2 Å². The number of aryl methyl sites for hydroxylation is 1. The summed E-state index contributed by atoms with van der Waals surface area (Å²) in [4.78, 5) is 17.5. The van der Waals surface area contributed by atoms with E-state index in [1.807, 2.05) is 11.9 Å². The van der Waals surface area contributed by atoms with Crippen molar-refractivity contribution in [1.82, 2.24) is 4.90 Å². The van der Waals surface area contributed by atoms with Crippen LogP contribution in [0.4, 0.5) is 4.39 Å². The van der Waals surface area contributed by atoms with Gasteiger partial charge >= 0.3 is 5.97 Å². The van der Waals surface area contributed by atoms with Crippen LogP contribution in [0.5, 0.6) is 0 Å². The number of hydrogen-bond donors (Lipinski definition) is 1. The number of aliphatic imine (C=N–C) groups is 1. The van der Waals surface area contributed by atoms with Crippen molar-refractivity contribution >= 4 is 17.3 Å². The number of halogens is 1. The lowest BCUT2D eigenvalue weighted by Crippen LogP contribution is -2.31. The van der Waals surface area contributed by atoms with E-state index in [4.69, 9.17) is 0 Å². The van der Waals surface area contributed by atoms with Gasteiger partial charge in [0.05, 0.1) is 0 Å². The molecule has 2 aliphatic rings. The maximum absolute atomic E-state index is 14.3. The van der Waals surface area contributed by atoms with Crippen LogP contribution in [0.3, 0.4) is 0 Å². The summed E-state index contributed by atoms with van der Waals surface area (Å²) >= 11 is 0. The van der Waals surface area contributed by atoms with Crippen molar-refractivity contribution in [3.63, 3.8) is 0 Å². The fourth-order valence-corrected chi connectivity index (χ4v) is 3.06. The summed E-state index contributed by atoms with van der Waals surface area (Å²) in [6.07, 6.45) is 6.52. The van der Waals surface area contributed by atoms with Crippen LogP contribution in [-0.4, -0.2) is 28.7 Å². The molecule has 25 heavy (non-hydrogen) atoms. The summed E-state index contributed by atoms with van der Waals surface area (Å²) in [6, 6.07) is 5.13. The minimum absolute atomic E-state index is 0.00349. The van der Waals surface area contributed by atoms with Crippen molar-refractivity contribution in [2.75, 3.05) is 7.05 Å². The first-order chi connectivity index (χ1) is 11.9. The maximum atomic E-state index is 14.3. The molecule has 1 saturated carbocycles. The molecule has 0 amide bonds. The zero-order valence-electron chi connectivity index (χ0n) is 14.4. The summed E-state index contributed by atoms with van der Waals surface area (Å²) in [5.41, 5.74) is 2.35. The minimum Gasteiger partial charge on any atom is -0.477 e. The second-order valence-corrected chi connectivity index (χ2v) is 6.52. The van der Waals surface area contributed by atoms with Gasteiger partial charge in [0.2, 0.25) is 0 Å². The van der Waals surface area contributed by atoms with E-state index in [0.29, 0.717) is 28.4 Å². The molecule has 1 fully saturated rings. The number of rotatable bonds is 4. The van der Waals surface area contributed by atoms with Gasteiger partial charge in [0.25, 0.3) is 0 Å². The molecule has 1 heterocycles. The Bertz CT molecular complexity index is 832. The van der Waals surface area contributed by atoms with Gasteiger partial charge in [-0.2, -0.15) is 0 Å². The van der Waals surface area contributed by atoms with Crippen LogP contribution in [0.1, 0.15) is 30.4 Å². The van der Waals surface area contributed by atoms with Gasteiger partial charge in [0, 0.05) is 18.3 Å². The zero-order valence-corrected chi connectivity index (χ0v) is 14.4. The number of carboxylic acid groups (broad SMARTS) is 1. The second-order valence-electron chi connectivity index (χ2n) is 6.52. The Balaban J connectivity index is 1.98. The molecule has 0 atom stereocenters. The highest BCUT2D eigenvalue weighted by atomic mass is 19.1. The van der Waals surface area contributed by atoms with Crippen LogP contribution >= 0.6 is 0 Å². The molecular formula is C20H21FN2O2. The lowest BCUT2D eigenvalue weighted by atomic mass is 9.81. The highest BCUT2D eigenvalue weighted by Gasteiger charge is 2.30. The summed E-state index contributed by atoms with van der Waals surface area (Å²) in [6.45, 7) is 5.65. The topological polar surface area (TPSA) is 52.9 Å². The van der Waals surface area contributed by atoms with E-state index in [1.54, 1.807) is 37.3 Å². The standard InChI is InChI=1S/C20H21FN2O2/c1-12-6-4-9-15(19(12)21)13(2)10-18-22-16(20(24)25)11-17(23(18)3)14-7-5-8-14/h4,6,9-11,14H,2,5,7-8H2,1,3H3,(H,24,25)/b18-10-. The van der Waals surface area contributed by atoms with Crippen molar-refractivity contribution in [3.8, 4) is 0 Å². The average molecular weight is 340 g/mol. The Kier molecular flexibility index (Phi) is 4.57. The fourth-order valence-electron chi connectivity index (χ4n) is 3.06. The SMILES string of the molecule is C=C(/C=C1/N=C(C(=O)O)C=C(C2CCC2)N1C)c1cccc(C)c1F. The van der Waals surface area contributed by atoms with Crippen LogP contribution in [0.2, 0.25) is 0 Å². The predicted molar refractivity (Wildman–Crippen MR) is 96.5 cm³/mol. The summed E-state index contributed by atoms with van der Waals surface area (Å²) < 4.78 is 14.3. The maximum Gasteiger partial charge on any atom is 0.354 e. The molecule has 0 radical (unpaired) electrons. The van der Waals surface area contributed by atoms with Gasteiger partial charge in [0.15, 0.2) is 5.71 Å². The monoisotopic (exact) mass is 340 g/mol. The van der Waals surface area contributed by atoms with Gasteiger partial charge in [0.1, 0.15) is 11.6 Å². The quantitative estimate of drug-likeness (QED) is 0.896. The first-order valence-corrected chi connectivity index (χ1v) is 8.32. The third-order valence-electron chi connectivity index (χ3n) is 4.83. The Hall–Kier alpha value is -2.69. The summed E-state index contributed by atoms with van der Waals surface area (Å²) in [5.74, 6) is -0.571. The van der Waals surface area contributed by atoms with Crippen LogP contribution in [0.25, 0.3) is 5.57 Å². The number of benzene rings is 1. The fraction of sp³-hybridized carbons (Fsp3) is 0.300. The zero-order chi connectivity index (χ0) is 18.1. The normalized spacial score (nSPS) is 19.3. The highest BCUT2D eigenvalue weighted by Crippen LogP contribution is 2.37. The van der Waals surface area contributed by atoms with Crippen LogP contribution < -0.4 is 0 Å². The summed E-state index contributed by atoms with van der Waals surface area (Å²) in [5, 5.41) is 9.36. The van der Waals surface area contributed by atoms with E-state index in [0.717, 1.165) is 25.0 Å². The van der Waals surface area contributed by atoms with Gasteiger partial charge in [-0.15, -0.1) is 0 Å². The van der Waals surface area contributed by atoms with Gasteiger partial charge in [-0.05, 0) is 49.0 Å². The molecule has 0 aromatic heterocycles. The van der Waals surface area contributed by atoms with E-state index in [9.17, 15) is 14.3 Å². The van der Waals surface area contributed by atoms with Crippen molar-refractivity contribution in [1.29, 1.82) is 0 Å². The molecule has 5 heteroatoms. The molecule has 0 bridgehead atoms. The van der Waals surface area contributed by atoms with Gasteiger partial charge in [-0.1, -0.05) is 31.2 Å². The lowest BCUT2D eigenvalue weighted by molar-refractivity contribution is -0.129.